The zero-order chi connectivity index (χ0) is 16.6. The van der Waals surface area contributed by atoms with Gasteiger partial charge in [0.25, 0.3) is 5.91 Å². The highest BCUT2D eigenvalue weighted by Crippen LogP contribution is 2.32. The van der Waals surface area contributed by atoms with E-state index in [1.807, 2.05) is 11.4 Å². The van der Waals surface area contributed by atoms with Gasteiger partial charge in [0.1, 0.15) is 6.04 Å². The van der Waals surface area contributed by atoms with Crippen LogP contribution in [0.4, 0.5) is 0 Å². The van der Waals surface area contributed by atoms with Gasteiger partial charge in [0.2, 0.25) is 5.91 Å². The molecule has 2 aliphatic rings. The lowest BCUT2D eigenvalue weighted by Gasteiger charge is -2.28. The topological polar surface area (TPSA) is 77.9 Å². The molecule has 1 aromatic rings. The number of amides is 2. The average Bonchev–Trinajstić information content (AvgIpc) is 3.26. The molecule has 2 aliphatic heterocycles. The molecule has 1 aromatic heterocycles. The lowest BCUT2D eigenvalue weighted by molar-refractivity contribution is -0.147. The minimum Gasteiger partial charge on any atom is -0.481 e. The number of likely N-dealkylation sites (tertiary alicyclic amines) is 2. The Morgan fingerprint density at radius 2 is 2.13 bits per heavy atom. The minimum absolute atomic E-state index is 0.101. The molecule has 2 fully saturated rings. The van der Waals surface area contributed by atoms with E-state index < -0.39 is 17.4 Å². The van der Waals surface area contributed by atoms with Crippen LogP contribution in [0.2, 0.25) is 0 Å². The summed E-state index contributed by atoms with van der Waals surface area (Å²) in [6, 6.07) is 3.13. The lowest BCUT2D eigenvalue weighted by atomic mass is 9.90. The highest BCUT2D eigenvalue weighted by atomic mass is 32.1. The van der Waals surface area contributed by atoms with Crippen molar-refractivity contribution in [2.75, 3.05) is 19.6 Å². The Balaban J connectivity index is 1.72. The highest BCUT2D eigenvalue weighted by molar-refractivity contribution is 7.12. The van der Waals surface area contributed by atoms with Crippen molar-refractivity contribution >= 4 is 29.1 Å². The predicted octanol–water partition coefficient (Wildman–Crippen LogP) is 1.68. The summed E-state index contributed by atoms with van der Waals surface area (Å²) >= 11 is 1.37. The van der Waals surface area contributed by atoms with Gasteiger partial charge >= 0.3 is 5.97 Å². The molecule has 124 valence electrons. The van der Waals surface area contributed by atoms with Gasteiger partial charge in [-0.25, -0.2) is 0 Å². The summed E-state index contributed by atoms with van der Waals surface area (Å²) in [6.45, 7) is 2.92. The SMILES string of the molecule is CC1(C(=O)O)CCN(C(=O)C2CCCN2C(=O)c2cccs2)C1. The molecule has 2 unspecified atom stereocenters. The fourth-order valence-corrected chi connectivity index (χ4v) is 4.02. The Hall–Kier alpha value is -1.89. The number of carbonyl (C=O) groups is 3. The number of hydrogen-bond acceptors (Lipinski definition) is 4. The number of aliphatic carboxylic acids is 1. The van der Waals surface area contributed by atoms with Crippen molar-refractivity contribution in [3.05, 3.63) is 22.4 Å². The van der Waals surface area contributed by atoms with Gasteiger partial charge < -0.3 is 14.9 Å². The molecule has 6 nitrogen and oxygen atoms in total. The summed E-state index contributed by atoms with van der Waals surface area (Å²) in [7, 11) is 0. The van der Waals surface area contributed by atoms with Crippen LogP contribution in [0.15, 0.2) is 17.5 Å². The largest absolute Gasteiger partial charge is 0.481 e. The summed E-state index contributed by atoms with van der Waals surface area (Å²) < 4.78 is 0. The number of nitrogens with zero attached hydrogens (tertiary/aromatic N) is 2. The average molecular weight is 336 g/mol. The first-order valence-electron chi connectivity index (χ1n) is 7.79. The molecule has 23 heavy (non-hydrogen) atoms. The van der Waals surface area contributed by atoms with Crippen molar-refractivity contribution in [2.24, 2.45) is 5.41 Å². The van der Waals surface area contributed by atoms with Crippen LogP contribution in [0.25, 0.3) is 0 Å². The van der Waals surface area contributed by atoms with Crippen LogP contribution in [-0.4, -0.2) is 58.4 Å². The van der Waals surface area contributed by atoms with Crippen molar-refractivity contribution in [3.63, 3.8) is 0 Å². The Morgan fingerprint density at radius 1 is 1.35 bits per heavy atom. The quantitative estimate of drug-likeness (QED) is 0.911. The molecule has 0 aromatic carbocycles. The van der Waals surface area contributed by atoms with Crippen LogP contribution in [0, 0.1) is 5.41 Å². The van der Waals surface area contributed by atoms with E-state index in [4.69, 9.17) is 0 Å². The Bertz CT molecular complexity index is 630. The van der Waals surface area contributed by atoms with Gasteiger partial charge in [-0.15, -0.1) is 11.3 Å². The normalized spacial score (nSPS) is 27.4. The maximum atomic E-state index is 12.8. The van der Waals surface area contributed by atoms with Crippen molar-refractivity contribution in [2.45, 2.75) is 32.2 Å². The third-order valence-electron chi connectivity index (χ3n) is 4.83. The molecule has 2 atom stereocenters. The predicted molar refractivity (Wildman–Crippen MR) is 85.3 cm³/mol. The van der Waals surface area contributed by atoms with Crippen LogP contribution in [0.1, 0.15) is 35.9 Å². The number of carbonyl (C=O) groups excluding carboxylic acids is 2. The van der Waals surface area contributed by atoms with E-state index in [2.05, 4.69) is 0 Å². The fraction of sp³-hybridized carbons (Fsp3) is 0.562. The highest BCUT2D eigenvalue weighted by Gasteiger charge is 2.45. The van der Waals surface area contributed by atoms with E-state index in [0.29, 0.717) is 30.8 Å². The van der Waals surface area contributed by atoms with Crippen LogP contribution in [-0.2, 0) is 9.59 Å². The first kappa shape index (κ1) is 16.0. The van der Waals surface area contributed by atoms with Crippen molar-refractivity contribution in [1.29, 1.82) is 0 Å². The van der Waals surface area contributed by atoms with E-state index >= 15 is 0 Å². The molecule has 0 spiro atoms. The number of carboxylic acids is 1. The van der Waals surface area contributed by atoms with Crippen molar-refractivity contribution in [3.8, 4) is 0 Å². The van der Waals surface area contributed by atoms with Crippen LogP contribution in [0.3, 0.4) is 0 Å². The number of thiophene rings is 1. The second kappa shape index (κ2) is 5.96. The number of carboxylic acid groups (broad SMARTS) is 1. The fourth-order valence-electron chi connectivity index (χ4n) is 3.34. The van der Waals surface area contributed by atoms with E-state index in [1.54, 1.807) is 22.8 Å². The third kappa shape index (κ3) is 2.85. The third-order valence-corrected chi connectivity index (χ3v) is 5.69. The summed E-state index contributed by atoms with van der Waals surface area (Å²) in [6.07, 6.45) is 1.91. The molecular formula is C16H20N2O4S. The molecule has 1 N–H and O–H groups in total. The van der Waals surface area contributed by atoms with E-state index in [1.165, 1.54) is 11.3 Å². The molecule has 0 radical (unpaired) electrons. The molecule has 2 amide bonds. The Labute approximate surface area is 138 Å². The zero-order valence-electron chi connectivity index (χ0n) is 13.0. The molecule has 3 rings (SSSR count). The smallest absolute Gasteiger partial charge is 0.311 e. The maximum Gasteiger partial charge on any atom is 0.311 e. The van der Waals surface area contributed by atoms with Crippen LogP contribution < -0.4 is 0 Å². The van der Waals surface area contributed by atoms with E-state index in [0.717, 1.165) is 6.42 Å². The minimum atomic E-state index is -0.878. The Kier molecular flexibility index (Phi) is 4.14. The second-order valence-corrected chi connectivity index (χ2v) is 7.46. The van der Waals surface area contributed by atoms with Gasteiger partial charge in [-0.2, -0.15) is 0 Å². The van der Waals surface area contributed by atoms with E-state index in [9.17, 15) is 19.5 Å². The monoisotopic (exact) mass is 336 g/mol. The number of rotatable bonds is 3. The van der Waals surface area contributed by atoms with Crippen molar-refractivity contribution < 1.29 is 19.5 Å². The van der Waals surface area contributed by atoms with Crippen LogP contribution >= 0.6 is 11.3 Å². The molecule has 0 saturated carbocycles. The van der Waals surface area contributed by atoms with Gasteiger partial charge in [-0.05, 0) is 37.6 Å². The molecular weight excluding hydrogens is 316 g/mol. The van der Waals surface area contributed by atoms with Gasteiger partial charge in [-0.3, -0.25) is 14.4 Å². The molecule has 7 heteroatoms. The molecule has 2 saturated heterocycles. The molecule has 3 heterocycles. The standard InChI is InChI=1S/C16H20N2O4S/c1-16(15(21)22)6-8-17(10-16)13(19)11-4-2-7-18(11)14(20)12-5-3-9-23-12/h3,5,9,11H,2,4,6-8,10H2,1H3,(H,21,22). The Morgan fingerprint density at radius 3 is 2.74 bits per heavy atom. The first-order valence-corrected chi connectivity index (χ1v) is 8.67. The van der Waals surface area contributed by atoms with Gasteiger partial charge in [-0.1, -0.05) is 6.07 Å². The summed E-state index contributed by atoms with van der Waals surface area (Å²) in [5, 5.41) is 11.1. The first-order chi connectivity index (χ1) is 10.9. The van der Waals surface area contributed by atoms with Gasteiger partial charge in [0, 0.05) is 19.6 Å². The van der Waals surface area contributed by atoms with Gasteiger partial charge in [0.05, 0.1) is 10.3 Å². The number of hydrogen-bond donors (Lipinski definition) is 1. The maximum absolute atomic E-state index is 12.8. The zero-order valence-corrected chi connectivity index (χ0v) is 13.8. The lowest BCUT2D eigenvalue weighted by Crippen LogP contribution is -2.47. The second-order valence-electron chi connectivity index (χ2n) is 6.51. The van der Waals surface area contributed by atoms with Crippen LogP contribution in [0.5, 0.6) is 0 Å². The van der Waals surface area contributed by atoms with Crippen molar-refractivity contribution in [1.82, 2.24) is 9.80 Å². The van der Waals surface area contributed by atoms with Gasteiger partial charge in [0.15, 0.2) is 0 Å². The molecule has 0 bridgehead atoms. The summed E-state index contributed by atoms with van der Waals surface area (Å²) in [4.78, 5) is 40.6. The summed E-state index contributed by atoms with van der Waals surface area (Å²) in [5.41, 5.74) is -0.878. The van der Waals surface area contributed by atoms with E-state index in [-0.39, 0.29) is 18.4 Å². The molecule has 0 aliphatic carbocycles. The summed E-state index contributed by atoms with van der Waals surface area (Å²) in [5.74, 6) is -1.08.